The molecule has 0 spiro atoms. The molecule has 10 nitrogen and oxygen atoms in total. The lowest BCUT2D eigenvalue weighted by Crippen LogP contribution is -2.31. The van der Waals surface area contributed by atoms with Crippen LogP contribution in [0.5, 0.6) is 5.75 Å². The second-order valence-corrected chi connectivity index (χ2v) is 9.49. The van der Waals surface area contributed by atoms with Gasteiger partial charge in [0.15, 0.2) is 6.61 Å². The van der Waals surface area contributed by atoms with Crippen molar-refractivity contribution in [1.82, 2.24) is 5.01 Å². The number of anilines is 1. The van der Waals surface area contributed by atoms with Gasteiger partial charge in [0.05, 0.1) is 36.6 Å². The maximum Gasteiger partial charge on any atom is 0.340 e. The highest BCUT2D eigenvalue weighted by atomic mass is 32.2. The summed E-state index contributed by atoms with van der Waals surface area (Å²) in [5.74, 6) is -0.171. The Balaban J connectivity index is 1.51. The molecule has 182 valence electrons. The first kappa shape index (κ1) is 24.0. The van der Waals surface area contributed by atoms with Gasteiger partial charge in [-0.3, -0.25) is 9.52 Å². The number of carbonyl (C=O) groups excluding carboxylic acids is 2. The van der Waals surface area contributed by atoms with Crippen molar-refractivity contribution in [2.45, 2.75) is 12.5 Å². The normalized spacial score (nSPS) is 15.4. The van der Waals surface area contributed by atoms with E-state index in [4.69, 9.17) is 13.9 Å². The van der Waals surface area contributed by atoms with E-state index in [1.54, 1.807) is 43.5 Å². The van der Waals surface area contributed by atoms with Crippen molar-refractivity contribution in [3.8, 4) is 5.75 Å². The number of hydrazone groups is 1. The summed E-state index contributed by atoms with van der Waals surface area (Å²) in [7, 11) is -2.04. The van der Waals surface area contributed by atoms with Crippen molar-refractivity contribution >= 4 is 33.3 Å². The Labute approximate surface area is 202 Å². The molecule has 35 heavy (non-hydrogen) atoms. The van der Waals surface area contributed by atoms with Crippen LogP contribution in [0.25, 0.3) is 0 Å². The molecule has 1 aliphatic heterocycles. The molecule has 1 N–H and O–H groups in total. The molecule has 1 amide bonds. The highest BCUT2D eigenvalue weighted by Crippen LogP contribution is 2.33. The van der Waals surface area contributed by atoms with Gasteiger partial charge in [-0.15, -0.1) is 0 Å². The van der Waals surface area contributed by atoms with Crippen LogP contribution in [0.1, 0.15) is 34.1 Å². The van der Waals surface area contributed by atoms with Crippen LogP contribution in [-0.4, -0.2) is 51.0 Å². The maximum absolute atomic E-state index is 13.0. The number of benzene rings is 2. The number of esters is 1. The van der Waals surface area contributed by atoms with E-state index in [2.05, 4.69) is 9.82 Å². The molecule has 0 bridgehead atoms. The molecule has 11 heteroatoms. The highest BCUT2D eigenvalue weighted by Gasteiger charge is 2.35. The van der Waals surface area contributed by atoms with Gasteiger partial charge in [0.2, 0.25) is 10.0 Å². The molecule has 0 saturated carbocycles. The first-order valence-electron chi connectivity index (χ1n) is 10.6. The minimum Gasteiger partial charge on any atom is -0.497 e. The third-order valence-electron chi connectivity index (χ3n) is 5.23. The van der Waals surface area contributed by atoms with Gasteiger partial charge >= 0.3 is 5.97 Å². The van der Waals surface area contributed by atoms with Crippen LogP contribution in [0.2, 0.25) is 0 Å². The second kappa shape index (κ2) is 10.0. The lowest BCUT2D eigenvalue weighted by Gasteiger charge is -2.19. The van der Waals surface area contributed by atoms with Crippen molar-refractivity contribution in [2.24, 2.45) is 5.10 Å². The number of rotatable bonds is 8. The number of nitrogens with zero attached hydrogens (tertiary/aromatic N) is 2. The molecule has 2 heterocycles. The molecule has 1 unspecified atom stereocenters. The fourth-order valence-corrected chi connectivity index (χ4v) is 4.20. The van der Waals surface area contributed by atoms with Crippen LogP contribution in [-0.2, 0) is 19.6 Å². The largest absolute Gasteiger partial charge is 0.497 e. The van der Waals surface area contributed by atoms with Crippen LogP contribution in [0.4, 0.5) is 5.69 Å². The third kappa shape index (κ3) is 5.69. The smallest absolute Gasteiger partial charge is 0.340 e. The molecule has 2 aromatic carbocycles. The van der Waals surface area contributed by atoms with Crippen LogP contribution < -0.4 is 9.46 Å². The molecular weight excluding hydrogens is 474 g/mol. The predicted molar refractivity (Wildman–Crippen MR) is 128 cm³/mol. The molecular formula is C24H23N3O7S. The van der Waals surface area contributed by atoms with Gasteiger partial charge in [0, 0.05) is 6.42 Å². The second-order valence-electron chi connectivity index (χ2n) is 7.74. The van der Waals surface area contributed by atoms with Gasteiger partial charge in [-0.2, -0.15) is 5.10 Å². The number of amides is 1. The van der Waals surface area contributed by atoms with E-state index in [1.807, 2.05) is 12.1 Å². The summed E-state index contributed by atoms with van der Waals surface area (Å²) in [5, 5.41) is 5.73. The maximum atomic E-state index is 13.0. The number of para-hydroxylation sites is 1. The Bertz CT molecular complexity index is 1350. The van der Waals surface area contributed by atoms with Crippen molar-refractivity contribution in [1.29, 1.82) is 0 Å². The number of hydrogen-bond acceptors (Lipinski definition) is 8. The predicted octanol–water partition coefficient (Wildman–Crippen LogP) is 3.19. The minimum atomic E-state index is -3.62. The fourth-order valence-electron chi connectivity index (χ4n) is 3.62. The lowest BCUT2D eigenvalue weighted by atomic mass is 10.0. The van der Waals surface area contributed by atoms with Gasteiger partial charge in [0.25, 0.3) is 5.91 Å². The van der Waals surface area contributed by atoms with Gasteiger partial charge in [-0.05, 0) is 54.1 Å². The van der Waals surface area contributed by atoms with E-state index in [0.717, 1.165) is 11.8 Å². The Morgan fingerprint density at radius 1 is 1.11 bits per heavy atom. The first-order valence-corrected chi connectivity index (χ1v) is 12.5. The molecule has 4 rings (SSSR count). The standard InChI is InChI=1S/C24H23N3O7S/c1-32-17-11-9-16(10-12-17)20-14-21(22-8-5-13-33-22)27(25-20)23(28)15-34-24(29)18-6-3-4-7-19(18)26-35(2,30)31/h3-13,21,26H,14-15H2,1-2H3. The van der Waals surface area contributed by atoms with Gasteiger partial charge in [-0.25, -0.2) is 18.2 Å². The molecule has 0 radical (unpaired) electrons. The number of methoxy groups -OCH3 is 1. The van der Waals surface area contributed by atoms with E-state index in [0.29, 0.717) is 23.6 Å². The summed E-state index contributed by atoms with van der Waals surface area (Å²) in [4.78, 5) is 25.7. The summed E-state index contributed by atoms with van der Waals surface area (Å²) in [6, 6.07) is 16.2. The molecule has 1 atom stereocenters. The quantitative estimate of drug-likeness (QED) is 0.474. The molecule has 0 saturated heterocycles. The number of hydrogen-bond donors (Lipinski definition) is 1. The van der Waals surface area contributed by atoms with Crippen molar-refractivity contribution < 1.29 is 31.9 Å². The van der Waals surface area contributed by atoms with E-state index in [-0.39, 0.29) is 11.3 Å². The number of nitrogens with one attached hydrogen (secondary N) is 1. The highest BCUT2D eigenvalue weighted by molar-refractivity contribution is 7.92. The van der Waals surface area contributed by atoms with E-state index in [9.17, 15) is 18.0 Å². The van der Waals surface area contributed by atoms with Crippen molar-refractivity contribution in [3.63, 3.8) is 0 Å². The fraction of sp³-hybridized carbons (Fsp3) is 0.208. The molecule has 3 aromatic rings. The number of sulfonamides is 1. The topological polar surface area (TPSA) is 128 Å². The summed E-state index contributed by atoms with van der Waals surface area (Å²) < 4.78 is 41.4. The number of carbonyl (C=O) groups is 2. The Morgan fingerprint density at radius 2 is 1.86 bits per heavy atom. The average Bonchev–Trinajstić information content (AvgIpc) is 3.52. The molecule has 1 aliphatic rings. The Hall–Kier alpha value is -4.12. The zero-order chi connectivity index (χ0) is 25.0. The number of ether oxygens (including phenoxy) is 2. The summed E-state index contributed by atoms with van der Waals surface area (Å²) in [6.07, 6.45) is 2.88. The lowest BCUT2D eigenvalue weighted by molar-refractivity contribution is -0.136. The summed E-state index contributed by atoms with van der Waals surface area (Å²) >= 11 is 0. The zero-order valence-corrected chi connectivity index (χ0v) is 19.8. The molecule has 1 aromatic heterocycles. The van der Waals surface area contributed by atoms with Crippen molar-refractivity contribution in [2.75, 3.05) is 24.7 Å². The number of furan rings is 1. The van der Waals surface area contributed by atoms with E-state index < -0.39 is 34.5 Å². The Kier molecular flexibility index (Phi) is 6.87. The van der Waals surface area contributed by atoms with Crippen molar-refractivity contribution in [3.05, 3.63) is 83.8 Å². The van der Waals surface area contributed by atoms with Crippen LogP contribution in [0, 0.1) is 0 Å². The minimum absolute atomic E-state index is 0.0165. The van der Waals surface area contributed by atoms with Crippen LogP contribution in [0.3, 0.4) is 0 Å². The summed E-state index contributed by atoms with van der Waals surface area (Å²) in [6.45, 7) is -0.595. The van der Waals surface area contributed by atoms with Crippen LogP contribution >= 0.6 is 0 Å². The SMILES string of the molecule is COc1ccc(C2=NN(C(=O)COC(=O)c3ccccc3NS(C)(=O)=O)C(c3ccco3)C2)cc1. The molecule has 0 aliphatic carbocycles. The van der Waals surface area contributed by atoms with Gasteiger partial charge in [0.1, 0.15) is 17.6 Å². The van der Waals surface area contributed by atoms with Gasteiger partial charge < -0.3 is 13.9 Å². The van der Waals surface area contributed by atoms with E-state index in [1.165, 1.54) is 23.4 Å². The monoisotopic (exact) mass is 497 g/mol. The first-order chi connectivity index (χ1) is 16.7. The summed E-state index contributed by atoms with van der Waals surface area (Å²) in [5.41, 5.74) is 1.52. The Morgan fingerprint density at radius 3 is 2.51 bits per heavy atom. The average molecular weight is 498 g/mol. The zero-order valence-electron chi connectivity index (χ0n) is 19.0. The third-order valence-corrected chi connectivity index (χ3v) is 5.82. The van der Waals surface area contributed by atoms with Gasteiger partial charge in [-0.1, -0.05) is 12.1 Å². The van der Waals surface area contributed by atoms with E-state index >= 15 is 0 Å². The molecule has 0 fully saturated rings. The van der Waals surface area contributed by atoms with Crippen LogP contribution in [0.15, 0.2) is 76.4 Å².